The maximum Gasteiger partial charge on any atom is 0.303 e. The van der Waals surface area contributed by atoms with Crippen LogP contribution in [-0.4, -0.2) is 11.1 Å². The van der Waals surface area contributed by atoms with Gasteiger partial charge >= 0.3 is 5.97 Å². The standard InChI is InChI=1S/C20H24O2/c1-2-3-4-5-6-7-8-9-10-11-12-13-14-15-16-17-18-19-20(21)22/h2-4,7,10,13,16-19H2,1H3,(H,21,22). The third kappa shape index (κ3) is 17.7. The number of hydrogen-bond acceptors (Lipinski definition) is 1. The average Bonchev–Trinajstić information content (AvgIpc) is 2.50. The molecule has 0 fully saturated rings. The molecule has 0 aliphatic heterocycles. The molecule has 0 radical (unpaired) electrons. The third-order valence-corrected chi connectivity index (χ3v) is 2.63. The Morgan fingerprint density at radius 3 is 1.64 bits per heavy atom. The summed E-state index contributed by atoms with van der Waals surface area (Å²) >= 11 is 0. The van der Waals surface area contributed by atoms with Crippen molar-refractivity contribution >= 4 is 5.97 Å². The molecule has 0 heterocycles. The van der Waals surface area contributed by atoms with Crippen molar-refractivity contribution in [2.24, 2.45) is 0 Å². The van der Waals surface area contributed by atoms with Crippen LogP contribution in [0.25, 0.3) is 0 Å². The van der Waals surface area contributed by atoms with Gasteiger partial charge in [0.25, 0.3) is 0 Å². The van der Waals surface area contributed by atoms with Gasteiger partial charge in [-0.2, -0.15) is 0 Å². The number of rotatable bonds is 6. The Balaban J connectivity index is 3.57. The first-order chi connectivity index (χ1) is 10.8. The molecule has 0 aromatic rings. The monoisotopic (exact) mass is 296 g/mol. The van der Waals surface area contributed by atoms with Gasteiger partial charge in [0.05, 0.1) is 19.3 Å². The van der Waals surface area contributed by atoms with E-state index < -0.39 is 5.97 Å². The first-order valence-corrected chi connectivity index (χ1v) is 7.82. The van der Waals surface area contributed by atoms with E-state index in [0.717, 1.165) is 25.7 Å². The Morgan fingerprint density at radius 1 is 0.727 bits per heavy atom. The molecule has 0 aromatic heterocycles. The highest BCUT2D eigenvalue weighted by molar-refractivity contribution is 5.66. The molecule has 1 N–H and O–H groups in total. The Kier molecular flexibility index (Phi) is 15.0. The molecule has 0 spiro atoms. The second-order valence-electron chi connectivity index (χ2n) is 4.65. The first-order valence-electron chi connectivity index (χ1n) is 7.82. The van der Waals surface area contributed by atoms with Crippen LogP contribution in [0.15, 0.2) is 0 Å². The van der Waals surface area contributed by atoms with Crippen molar-refractivity contribution in [3.63, 3.8) is 0 Å². The predicted molar refractivity (Wildman–Crippen MR) is 90.6 cm³/mol. The highest BCUT2D eigenvalue weighted by atomic mass is 16.4. The number of unbranched alkanes of at least 4 members (excludes halogenated alkanes) is 4. The Bertz CT molecular complexity index is 541. The molecule has 0 amide bonds. The summed E-state index contributed by atoms with van der Waals surface area (Å²) in [6.07, 6.45) is 7.54. The van der Waals surface area contributed by atoms with E-state index in [9.17, 15) is 4.79 Å². The zero-order chi connectivity index (χ0) is 16.3. The molecule has 0 aromatic carbocycles. The minimum Gasteiger partial charge on any atom is -0.481 e. The fourth-order valence-electron chi connectivity index (χ4n) is 1.44. The number of hydrogen-bond donors (Lipinski definition) is 1. The highest BCUT2D eigenvalue weighted by Gasteiger charge is 1.93. The molecule has 0 unspecified atom stereocenters. The van der Waals surface area contributed by atoms with Crippen LogP contribution in [0.2, 0.25) is 0 Å². The van der Waals surface area contributed by atoms with Gasteiger partial charge in [0.2, 0.25) is 0 Å². The van der Waals surface area contributed by atoms with Crippen LogP contribution in [0.3, 0.4) is 0 Å². The molecule has 0 aliphatic carbocycles. The van der Waals surface area contributed by atoms with Gasteiger partial charge in [0.15, 0.2) is 0 Å². The van der Waals surface area contributed by atoms with Gasteiger partial charge < -0.3 is 5.11 Å². The summed E-state index contributed by atoms with van der Waals surface area (Å²) < 4.78 is 0. The lowest BCUT2D eigenvalue weighted by atomic mass is 10.2. The molecule has 0 aliphatic rings. The van der Waals surface area contributed by atoms with Crippen molar-refractivity contribution in [3.05, 3.63) is 0 Å². The summed E-state index contributed by atoms with van der Waals surface area (Å²) in [5, 5.41) is 8.47. The summed E-state index contributed by atoms with van der Waals surface area (Å²) in [7, 11) is 0. The molecule has 0 saturated heterocycles. The number of carboxylic acids is 1. The van der Waals surface area contributed by atoms with Gasteiger partial charge in [0, 0.05) is 19.3 Å². The quantitative estimate of drug-likeness (QED) is 0.594. The second kappa shape index (κ2) is 16.8. The third-order valence-electron chi connectivity index (χ3n) is 2.63. The van der Waals surface area contributed by atoms with E-state index in [0.29, 0.717) is 25.7 Å². The van der Waals surface area contributed by atoms with Crippen LogP contribution in [0.5, 0.6) is 0 Å². The van der Waals surface area contributed by atoms with Gasteiger partial charge in [-0.3, -0.25) is 4.79 Å². The van der Waals surface area contributed by atoms with Crippen LogP contribution in [0.1, 0.15) is 71.1 Å². The molecule has 22 heavy (non-hydrogen) atoms. The molecule has 2 nitrogen and oxygen atoms in total. The maximum absolute atomic E-state index is 10.3. The molecule has 0 rings (SSSR count). The van der Waals surface area contributed by atoms with Crippen molar-refractivity contribution < 1.29 is 9.90 Å². The van der Waals surface area contributed by atoms with Crippen molar-refractivity contribution in [3.8, 4) is 47.4 Å². The molecular weight excluding hydrogens is 272 g/mol. The summed E-state index contributed by atoms with van der Waals surface area (Å²) in [6.45, 7) is 2.16. The van der Waals surface area contributed by atoms with E-state index in [1.54, 1.807) is 0 Å². The lowest BCUT2D eigenvalue weighted by Crippen LogP contribution is -1.92. The van der Waals surface area contributed by atoms with Gasteiger partial charge in [0.1, 0.15) is 0 Å². The Labute approximate surface area is 135 Å². The highest BCUT2D eigenvalue weighted by Crippen LogP contribution is 1.98. The summed E-state index contributed by atoms with van der Waals surface area (Å²) in [5.74, 6) is 23.2. The number of aliphatic carboxylic acids is 1. The van der Waals surface area contributed by atoms with E-state index >= 15 is 0 Å². The van der Waals surface area contributed by atoms with Gasteiger partial charge in [-0.05, 0) is 19.3 Å². The van der Waals surface area contributed by atoms with Crippen molar-refractivity contribution in [2.45, 2.75) is 71.1 Å². The van der Waals surface area contributed by atoms with E-state index in [4.69, 9.17) is 5.11 Å². The molecule has 0 bridgehead atoms. The molecule has 0 saturated carbocycles. The van der Waals surface area contributed by atoms with Crippen LogP contribution in [0, 0.1) is 47.4 Å². The number of carboxylic acid groups (broad SMARTS) is 1. The normalized spacial score (nSPS) is 8.05. The smallest absolute Gasteiger partial charge is 0.303 e. The summed E-state index contributed by atoms with van der Waals surface area (Å²) in [4.78, 5) is 10.3. The van der Waals surface area contributed by atoms with Crippen molar-refractivity contribution in [1.29, 1.82) is 0 Å². The SMILES string of the molecule is CCCCC#CCC#CCC#CCC#CCCCCC(=O)O. The van der Waals surface area contributed by atoms with Crippen molar-refractivity contribution in [1.82, 2.24) is 0 Å². The molecule has 0 atom stereocenters. The first kappa shape index (κ1) is 19.7. The van der Waals surface area contributed by atoms with Gasteiger partial charge in [-0.1, -0.05) is 48.9 Å². The lowest BCUT2D eigenvalue weighted by Gasteiger charge is -1.90. The van der Waals surface area contributed by atoms with Crippen LogP contribution < -0.4 is 0 Å². The van der Waals surface area contributed by atoms with Crippen LogP contribution in [-0.2, 0) is 4.79 Å². The minimum absolute atomic E-state index is 0.225. The molecular formula is C20H24O2. The fraction of sp³-hybridized carbons (Fsp3) is 0.550. The molecule has 2 heteroatoms. The minimum atomic E-state index is -0.744. The van der Waals surface area contributed by atoms with Crippen molar-refractivity contribution in [2.75, 3.05) is 0 Å². The Morgan fingerprint density at radius 2 is 1.18 bits per heavy atom. The van der Waals surface area contributed by atoms with Crippen LogP contribution in [0.4, 0.5) is 0 Å². The van der Waals surface area contributed by atoms with Gasteiger partial charge in [-0.15, -0.1) is 11.8 Å². The lowest BCUT2D eigenvalue weighted by molar-refractivity contribution is -0.137. The maximum atomic E-state index is 10.3. The Hall–Kier alpha value is -2.29. The fourth-order valence-corrected chi connectivity index (χ4v) is 1.44. The molecule has 116 valence electrons. The second-order valence-corrected chi connectivity index (χ2v) is 4.65. The zero-order valence-corrected chi connectivity index (χ0v) is 13.4. The van der Waals surface area contributed by atoms with E-state index in [1.807, 2.05) is 0 Å². The summed E-state index contributed by atoms with van der Waals surface area (Å²) in [6, 6.07) is 0. The zero-order valence-electron chi connectivity index (χ0n) is 13.4. The van der Waals surface area contributed by atoms with Gasteiger partial charge in [-0.25, -0.2) is 0 Å². The number of carbonyl (C=O) groups is 1. The predicted octanol–water partition coefficient (Wildman–Crippen LogP) is 4.01. The van der Waals surface area contributed by atoms with Crippen LogP contribution >= 0.6 is 0 Å². The van der Waals surface area contributed by atoms with E-state index in [1.165, 1.54) is 6.42 Å². The summed E-state index contributed by atoms with van der Waals surface area (Å²) in [5.41, 5.74) is 0. The average molecular weight is 296 g/mol. The largest absolute Gasteiger partial charge is 0.481 e. The topological polar surface area (TPSA) is 37.3 Å². The van der Waals surface area contributed by atoms with E-state index in [2.05, 4.69) is 54.3 Å². The van der Waals surface area contributed by atoms with E-state index in [-0.39, 0.29) is 6.42 Å².